The zero-order chi connectivity index (χ0) is 15.6. The predicted molar refractivity (Wildman–Crippen MR) is 89.6 cm³/mol. The number of nitrogens with two attached hydrogens (primary N) is 1. The lowest BCUT2D eigenvalue weighted by Crippen LogP contribution is -2.50. The van der Waals surface area contributed by atoms with Gasteiger partial charge in [0.15, 0.2) is 0 Å². The molecule has 0 bridgehead atoms. The largest absolute Gasteiger partial charge is 0.392 e. The van der Waals surface area contributed by atoms with E-state index in [9.17, 15) is 9.18 Å². The third-order valence-corrected chi connectivity index (χ3v) is 6.19. The number of hydrogen-bond acceptors (Lipinski definition) is 3. The summed E-state index contributed by atoms with van der Waals surface area (Å²) in [7, 11) is 0. The molecule has 0 unspecified atom stereocenters. The van der Waals surface area contributed by atoms with Gasteiger partial charge in [0.1, 0.15) is 5.82 Å². The number of hydrogen-bond donors (Lipinski definition) is 1. The lowest BCUT2D eigenvalue weighted by atomic mass is 9.95. The fourth-order valence-electron chi connectivity index (χ4n) is 2.46. The normalized spacial score (nSPS) is 17.6. The maximum absolute atomic E-state index is 13.5. The molecule has 0 radical (unpaired) electrons. The molecule has 0 spiro atoms. The minimum Gasteiger partial charge on any atom is -0.392 e. The Balaban J connectivity index is 2.14. The number of thiocarbonyl (C=S) groups is 1. The molecule has 0 aliphatic carbocycles. The number of carbonyl (C=O) groups excluding carboxylic acids is 1. The van der Waals surface area contributed by atoms with Gasteiger partial charge >= 0.3 is 0 Å². The molecule has 1 aromatic carbocycles. The molecule has 1 aliphatic heterocycles. The van der Waals surface area contributed by atoms with Crippen LogP contribution in [0.15, 0.2) is 18.2 Å². The van der Waals surface area contributed by atoms with Crippen LogP contribution >= 0.6 is 35.6 Å². The van der Waals surface area contributed by atoms with Gasteiger partial charge in [0, 0.05) is 13.1 Å². The Labute approximate surface area is 138 Å². The van der Waals surface area contributed by atoms with Gasteiger partial charge in [0.05, 0.1) is 20.3 Å². The molecule has 7 heteroatoms. The number of carbonyl (C=O) groups is 1. The van der Waals surface area contributed by atoms with E-state index in [-0.39, 0.29) is 21.2 Å². The average molecular weight is 347 g/mol. The van der Waals surface area contributed by atoms with Crippen LogP contribution in [0.2, 0.25) is 5.02 Å². The third-order valence-electron chi connectivity index (χ3n) is 3.88. The van der Waals surface area contributed by atoms with E-state index in [0.29, 0.717) is 30.9 Å². The van der Waals surface area contributed by atoms with Crippen molar-refractivity contribution in [3.63, 3.8) is 0 Å². The first-order valence-corrected chi connectivity index (χ1v) is 8.51. The maximum atomic E-state index is 13.5. The summed E-state index contributed by atoms with van der Waals surface area (Å²) < 4.78 is 13.2. The molecule has 1 heterocycles. The fourth-order valence-corrected chi connectivity index (χ4v) is 3.91. The van der Waals surface area contributed by atoms with Crippen LogP contribution < -0.4 is 5.73 Å². The lowest BCUT2D eigenvalue weighted by molar-refractivity contribution is 0.0718. The Hall–Kier alpha value is -0.850. The molecule has 21 heavy (non-hydrogen) atoms. The van der Waals surface area contributed by atoms with Crippen LogP contribution in [0.5, 0.6) is 0 Å². The van der Waals surface area contributed by atoms with Crippen molar-refractivity contribution in [2.45, 2.75) is 17.6 Å². The summed E-state index contributed by atoms with van der Waals surface area (Å²) in [6, 6.07) is 4.26. The van der Waals surface area contributed by atoms with Crippen LogP contribution in [0.1, 0.15) is 23.2 Å². The van der Waals surface area contributed by atoms with E-state index in [2.05, 4.69) is 0 Å². The molecule has 2 N–H and O–H groups in total. The van der Waals surface area contributed by atoms with Crippen molar-refractivity contribution in [3.05, 3.63) is 34.6 Å². The summed E-state index contributed by atoms with van der Waals surface area (Å²) in [5.41, 5.74) is 6.02. The quantitative estimate of drug-likeness (QED) is 0.854. The van der Waals surface area contributed by atoms with Crippen LogP contribution in [0.3, 0.4) is 0 Å². The summed E-state index contributed by atoms with van der Waals surface area (Å²) in [5.74, 6) is -0.835. The summed E-state index contributed by atoms with van der Waals surface area (Å²) in [6.07, 6.45) is 3.37. The molecule has 1 saturated heterocycles. The lowest BCUT2D eigenvalue weighted by Gasteiger charge is -2.40. The van der Waals surface area contributed by atoms with Gasteiger partial charge in [0.25, 0.3) is 5.91 Å². The number of nitrogens with zero attached hydrogens (tertiary/aromatic N) is 1. The van der Waals surface area contributed by atoms with Crippen molar-refractivity contribution in [2.75, 3.05) is 19.3 Å². The molecule has 3 nitrogen and oxygen atoms in total. The minimum absolute atomic E-state index is 0.126. The molecule has 114 valence electrons. The summed E-state index contributed by atoms with van der Waals surface area (Å²) >= 11 is 12.6. The van der Waals surface area contributed by atoms with Gasteiger partial charge in [-0.3, -0.25) is 4.79 Å². The molecule has 2 rings (SSSR count). The minimum atomic E-state index is -0.582. The standard InChI is InChI=1S/C14H16ClFN2OS2/c1-21-14(13(17)20)5-7-18(8-6-14)12(19)9-3-2-4-10(16)11(9)15/h2-4H,5-8H2,1H3,(H2,17,20). The van der Waals surface area contributed by atoms with Gasteiger partial charge in [-0.05, 0) is 31.2 Å². The highest BCUT2D eigenvalue weighted by molar-refractivity contribution is 8.02. The first-order chi connectivity index (χ1) is 9.91. The highest BCUT2D eigenvalue weighted by atomic mass is 35.5. The van der Waals surface area contributed by atoms with E-state index in [1.807, 2.05) is 6.26 Å². The second-order valence-electron chi connectivity index (χ2n) is 4.96. The van der Waals surface area contributed by atoms with Crippen molar-refractivity contribution in [3.8, 4) is 0 Å². The molecule has 1 aromatic rings. The molecular formula is C14H16ClFN2OS2. The number of rotatable bonds is 3. The fraction of sp³-hybridized carbons (Fsp3) is 0.429. The smallest absolute Gasteiger partial charge is 0.255 e. The van der Waals surface area contributed by atoms with Crippen LogP contribution in [0, 0.1) is 5.82 Å². The van der Waals surface area contributed by atoms with Crippen LogP contribution in [0.4, 0.5) is 4.39 Å². The SMILES string of the molecule is CSC1(C(N)=S)CCN(C(=O)c2cccc(F)c2Cl)CC1. The van der Waals surface area contributed by atoms with Crippen LogP contribution in [-0.4, -0.2) is 39.9 Å². The highest BCUT2D eigenvalue weighted by Crippen LogP contribution is 2.35. The zero-order valence-corrected chi connectivity index (χ0v) is 14.0. The number of halogens is 2. The van der Waals surface area contributed by atoms with Gasteiger partial charge in [-0.25, -0.2) is 4.39 Å². The molecular weight excluding hydrogens is 331 g/mol. The van der Waals surface area contributed by atoms with Crippen molar-refractivity contribution in [2.24, 2.45) is 5.73 Å². The molecule has 0 aromatic heterocycles. The second-order valence-corrected chi connectivity index (χ2v) is 6.96. The number of amides is 1. The summed E-state index contributed by atoms with van der Waals surface area (Å²) in [4.78, 5) is 14.6. The molecule has 1 aliphatic rings. The van der Waals surface area contributed by atoms with Crippen LogP contribution in [0.25, 0.3) is 0 Å². The number of benzene rings is 1. The van der Waals surface area contributed by atoms with Crippen LogP contribution in [-0.2, 0) is 0 Å². The van der Waals surface area contributed by atoms with Crippen molar-refractivity contribution in [1.29, 1.82) is 0 Å². The van der Waals surface area contributed by atoms with Gasteiger partial charge < -0.3 is 10.6 Å². The van der Waals surface area contributed by atoms with Crippen molar-refractivity contribution in [1.82, 2.24) is 4.90 Å². The first-order valence-electron chi connectivity index (χ1n) is 6.49. The summed E-state index contributed by atoms with van der Waals surface area (Å²) in [5, 5.41) is -0.126. The Morgan fingerprint density at radius 1 is 1.48 bits per heavy atom. The monoisotopic (exact) mass is 346 g/mol. The Kier molecular flexibility index (Phi) is 5.11. The number of likely N-dealkylation sites (tertiary alicyclic amines) is 1. The molecule has 0 saturated carbocycles. The highest BCUT2D eigenvalue weighted by Gasteiger charge is 2.38. The third kappa shape index (κ3) is 3.17. The van der Waals surface area contributed by atoms with Gasteiger partial charge in [0.2, 0.25) is 0 Å². The molecule has 1 fully saturated rings. The summed E-state index contributed by atoms with van der Waals surface area (Å²) in [6.45, 7) is 1.06. The Bertz CT molecular complexity index is 574. The zero-order valence-electron chi connectivity index (χ0n) is 11.6. The maximum Gasteiger partial charge on any atom is 0.255 e. The van der Waals surface area contributed by atoms with E-state index >= 15 is 0 Å². The van der Waals surface area contributed by atoms with E-state index in [4.69, 9.17) is 29.6 Å². The van der Waals surface area contributed by atoms with Gasteiger partial charge in [-0.15, -0.1) is 0 Å². The van der Waals surface area contributed by atoms with E-state index < -0.39 is 5.82 Å². The van der Waals surface area contributed by atoms with Gasteiger partial charge in [-0.2, -0.15) is 11.8 Å². The predicted octanol–water partition coefficient (Wildman–Crippen LogP) is 3.10. The average Bonchev–Trinajstić information content (AvgIpc) is 2.49. The topological polar surface area (TPSA) is 46.3 Å². The molecule has 0 atom stereocenters. The number of thioether (sulfide) groups is 1. The second kappa shape index (κ2) is 6.50. The Morgan fingerprint density at radius 3 is 2.62 bits per heavy atom. The van der Waals surface area contributed by atoms with E-state index in [0.717, 1.165) is 0 Å². The van der Waals surface area contributed by atoms with E-state index in [1.54, 1.807) is 16.7 Å². The number of piperidine rings is 1. The Morgan fingerprint density at radius 2 is 2.10 bits per heavy atom. The van der Waals surface area contributed by atoms with Crippen molar-refractivity contribution >= 4 is 46.5 Å². The van der Waals surface area contributed by atoms with Gasteiger partial charge in [-0.1, -0.05) is 29.9 Å². The van der Waals surface area contributed by atoms with E-state index in [1.165, 1.54) is 18.2 Å². The molecule has 1 amide bonds. The van der Waals surface area contributed by atoms with Crippen molar-refractivity contribution < 1.29 is 9.18 Å². The first kappa shape index (κ1) is 16.5.